The van der Waals surface area contributed by atoms with Gasteiger partial charge in [0.2, 0.25) is 0 Å². The van der Waals surface area contributed by atoms with Crippen molar-refractivity contribution in [3.05, 3.63) is 54.0 Å². The first-order valence-corrected chi connectivity index (χ1v) is 9.75. The number of hydrogen-bond donors (Lipinski definition) is 1. The maximum absolute atomic E-state index is 13.3. The number of nitrogens with zero attached hydrogens (tertiary/aromatic N) is 2. The summed E-state index contributed by atoms with van der Waals surface area (Å²) in [6, 6.07) is 10.1. The fourth-order valence-corrected chi connectivity index (χ4v) is 4.72. The number of halogens is 1. The van der Waals surface area contributed by atoms with E-state index >= 15 is 0 Å². The standard InChI is InChI=1S/C18H16FN3O4S/c1-26-12-3-5-13(6-4-12)27(24,25)14-9-22(10-14)18(23)17-15-7-2-11(19)8-16(15)20-21-17/h2-8,14H,9-10H2,1H3,(H,20,21). The highest BCUT2D eigenvalue weighted by molar-refractivity contribution is 7.92. The van der Waals surface area contributed by atoms with Crippen molar-refractivity contribution in [2.24, 2.45) is 0 Å². The molecule has 1 amide bonds. The smallest absolute Gasteiger partial charge is 0.275 e. The lowest BCUT2D eigenvalue weighted by atomic mass is 10.1. The zero-order chi connectivity index (χ0) is 19.2. The Bertz CT molecular complexity index is 1120. The van der Waals surface area contributed by atoms with Crippen molar-refractivity contribution in [3.63, 3.8) is 0 Å². The van der Waals surface area contributed by atoms with Crippen molar-refractivity contribution in [2.45, 2.75) is 10.1 Å². The molecule has 2 aromatic carbocycles. The maximum Gasteiger partial charge on any atom is 0.275 e. The van der Waals surface area contributed by atoms with Crippen LogP contribution in [0.4, 0.5) is 4.39 Å². The van der Waals surface area contributed by atoms with E-state index in [0.717, 1.165) is 0 Å². The van der Waals surface area contributed by atoms with E-state index in [0.29, 0.717) is 16.7 Å². The highest BCUT2D eigenvalue weighted by Crippen LogP contribution is 2.27. The molecular formula is C18H16FN3O4S. The molecule has 0 unspecified atom stereocenters. The minimum absolute atomic E-state index is 0.0861. The van der Waals surface area contributed by atoms with Crippen LogP contribution in [-0.2, 0) is 9.84 Å². The van der Waals surface area contributed by atoms with Crippen molar-refractivity contribution < 1.29 is 22.3 Å². The number of fused-ring (bicyclic) bond motifs is 1. The van der Waals surface area contributed by atoms with Crippen LogP contribution < -0.4 is 4.74 Å². The second kappa shape index (κ2) is 6.34. The number of H-pyrrole nitrogens is 1. The van der Waals surface area contributed by atoms with Crippen LogP contribution in [0.25, 0.3) is 10.9 Å². The summed E-state index contributed by atoms with van der Waals surface area (Å²) in [5, 5.41) is 6.41. The van der Waals surface area contributed by atoms with Gasteiger partial charge in [0.25, 0.3) is 5.91 Å². The summed E-state index contributed by atoms with van der Waals surface area (Å²) in [6.07, 6.45) is 0. The first-order chi connectivity index (χ1) is 12.9. The van der Waals surface area contributed by atoms with Crippen LogP contribution in [0.5, 0.6) is 5.75 Å². The summed E-state index contributed by atoms with van der Waals surface area (Å²) in [6.45, 7) is 0.172. The van der Waals surface area contributed by atoms with Crippen LogP contribution in [0, 0.1) is 5.82 Å². The molecule has 7 nitrogen and oxygen atoms in total. The summed E-state index contributed by atoms with van der Waals surface area (Å²) in [5.41, 5.74) is 0.576. The summed E-state index contributed by atoms with van der Waals surface area (Å²) in [4.78, 5) is 14.2. The zero-order valence-electron chi connectivity index (χ0n) is 14.3. The predicted octanol–water partition coefficient (Wildman–Crippen LogP) is 2.01. The molecule has 27 heavy (non-hydrogen) atoms. The number of methoxy groups -OCH3 is 1. The lowest BCUT2D eigenvalue weighted by Gasteiger charge is -2.38. The molecule has 0 saturated carbocycles. The van der Waals surface area contributed by atoms with E-state index in [2.05, 4.69) is 10.2 Å². The van der Waals surface area contributed by atoms with Crippen LogP contribution in [-0.4, -0.2) is 54.9 Å². The maximum atomic E-state index is 13.3. The van der Waals surface area contributed by atoms with Crippen LogP contribution >= 0.6 is 0 Å². The van der Waals surface area contributed by atoms with Gasteiger partial charge in [-0.2, -0.15) is 5.10 Å². The Morgan fingerprint density at radius 1 is 1.22 bits per heavy atom. The molecule has 1 saturated heterocycles. The summed E-state index contributed by atoms with van der Waals surface area (Å²) < 4.78 is 43.6. The monoisotopic (exact) mass is 389 g/mol. The minimum atomic E-state index is -3.54. The number of sulfone groups is 1. The van der Waals surface area contributed by atoms with E-state index < -0.39 is 20.9 Å². The molecule has 1 aliphatic rings. The Hall–Kier alpha value is -2.94. The van der Waals surface area contributed by atoms with Gasteiger partial charge in [0.1, 0.15) is 16.8 Å². The minimum Gasteiger partial charge on any atom is -0.497 e. The van der Waals surface area contributed by atoms with Crippen LogP contribution in [0.3, 0.4) is 0 Å². The van der Waals surface area contributed by atoms with Gasteiger partial charge in [-0.25, -0.2) is 12.8 Å². The van der Waals surface area contributed by atoms with Crippen molar-refractivity contribution in [2.75, 3.05) is 20.2 Å². The molecule has 4 rings (SSSR count). The van der Waals surface area contributed by atoms with Gasteiger partial charge >= 0.3 is 0 Å². The predicted molar refractivity (Wildman–Crippen MR) is 95.9 cm³/mol. The number of aromatic amines is 1. The molecule has 0 bridgehead atoms. The molecule has 9 heteroatoms. The number of carbonyl (C=O) groups is 1. The number of amides is 1. The van der Waals surface area contributed by atoms with Gasteiger partial charge in [-0.1, -0.05) is 0 Å². The third-order valence-corrected chi connectivity index (χ3v) is 6.79. The normalized spacial score (nSPS) is 15.0. The third kappa shape index (κ3) is 2.93. The Morgan fingerprint density at radius 2 is 1.93 bits per heavy atom. The Kier molecular flexibility index (Phi) is 4.11. The second-order valence-electron chi connectivity index (χ2n) is 6.31. The average molecular weight is 389 g/mol. The fourth-order valence-electron chi connectivity index (χ4n) is 3.06. The molecule has 1 aliphatic heterocycles. The first-order valence-electron chi connectivity index (χ1n) is 8.21. The van der Waals surface area contributed by atoms with Crippen LogP contribution in [0.1, 0.15) is 10.5 Å². The Morgan fingerprint density at radius 3 is 2.59 bits per heavy atom. The lowest BCUT2D eigenvalue weighted by Crippen LogP contribution is -2.56. The fraction of sp³-hybridized carbons (Fsp3) is 0.222. The lowest BCUT2D eigenvalue weighted by molar-refractivity contribution is 0.0654. The molecule has 2 heterocycles. The van der Waals surface area contributed by atoms with Crippen LogP contribution in [0.2, 0.25) is 0 Å². The molecule has 0 spiro atoms. The average Bonchev–Trinajstić information content (AvgIpc) is 3.03. The summed E-state index contributed by atoms with van der Waals surface area (Å²) >= 11 is 0. The molecule has 0 aliphatic carbocycles. The molecular weight excluding hydrogens is 373 g/mol. The number of carbonyl (C=O) groups excluding carboxylic acids is 1. The van der Waals surface area contributed by atoms with E-state index in [9.17, 15) is 17.6 Å². The number of hydrogen-bond acceptors (Lipinski definition) is 5. The third-order valence-electron chi connectivity index (χ3n) is 4.69. The van der Waals surface area contributed by atoms with Crippen molar-refractivity contribution >= 4 is 26.6 Å². The van der Waals surface area contributed by atoms with Crippen molar-refractivity contribution in [3.8, 4) is 5.75 Å². The zero-order valence-corrected chi connectivity index (χ0v) is 15.2. The largest absolute Gasteiger partial charge is 0.497 e. The summed E-state index contributed by atoms with van der Waals surface area (Å²) in [5.74, 6) is -0.241. The number of likely N-dealkylation sites (tertiary alicyclic amines) is 1. The van der Waals surface area contributed by atoms with Gasteiger partial charge < -0.3 is 9.64 Å². The Labute approximate surface area is 154 Å². The molecule has 1 fully saturated rings. The molecule has 1 N–H and O–H groups in total. The number of aromatic nitrogens is 2. The number of rotatable bonds is 4. The van der Waals surface area contributed by atoms with E-state index in [1.807, 2.05) is 0 Å². The SMILES string of the molecule is COc1ccc(S(=O)(=O)C2CN(C(=O)c3n[nH]c4cc(F)ccc34)C2)cc1. The molecule has 0 radical (unpaired) electrons. The van der Waals surface area contributed by atoms with Crippen molar-refractivity contribution in [1.29, 1.82) is 0 Å². The number of ether oxygens (including phenoxy) is 1. The van der Waals surface area contributed by atoms with Gasteiger partial charge in [0.15, 0.2) is 15.5 Å². The summed E-state index contributed by atoms with van der Waals surface area (Å²) in [7, 11) is -2.03. The van der Waals surface area contributed by atoms with Gasteiger partial charge in [-0.15, -0.1) is 0 Å². The van der Waals surface area contributed by atoms with Gasteiger partial charge in [0, 0.05) is 18.5 Å². The van der Waals surface area contributed by atoms with E-state index in [1.165, 1.54) is 42.3 Å². The van der Waals surface area contributed by atoms with Crippen molar-refractivity contribution in [1.82, 2.24) is 15.1 Å². The van der Waals surface area contributed by atoms with E-state index in [4.69, 9.17) is 4.74 Å². The second-order valence-corrected chi connectivity index (χ2v) is 8.54. The number of benzene rings is 2. The Balaban J connectivity index is 1.50. The topological polar surface area (TPSA) is 92.4 Å². The molecule has 0 atom stereocenters. The highest BCUT2D eigenvalue weighted by atomic mass is 32.2. The number of nitrogens with one attached hydrogen (secondary N) is 1. The molecule has 3 aromatic rings. The van der Waals surface area contributed by atoms with E-state index in [1.54, 1.807) is 12.1 Å². The first kappa shape index (κ1) is 17.5. The van der Waals surface area contributed by atoms with Gasteiger partial charge in [-0.3, -0.25) is 9.89 Å². The molecule has 140 valence electrons. The van der Waals surface area contributed by atoms with Gasteiger partial charge in [-0.05, 0) is 42.5 Å². The highest BCUT2D eigenvalue weighted by Gasteiger charge is 2.41. The van der Waals surface area contributed by atoms with Gasteiger partial charge in [0.05, 0.1) is 17.5 Å². The van der Waals surface area contributed by atoms with Crippen LogP contribution in [0.15, 0.2) is 47.4 Å². The van der Waals surface area contributed by atoms with E-state index in [-0.39, 0.29) is 29.6 Å². The molecule has 1 aromatic heterocycles. The quantitative estimate of drug-likeness (QED) is 0.737.